The molecule has 0 aromatic rings. The van der Waals surface area contributed by atoms with E-state index in [9.17, 15) is 9.59 Å². The summed E-state index contributed by atoms with van der Waals surface area (Å²) in [4.78, 5) is 21.9. The van der Waals surface area contributed by atoms with Crippen LogP contribution in [0.3, 0.4) is 0 Å². The molecule has 3 N–H and O–H groups in total. The summed E-state index contributed by atoms with van der Waals surface area (Å²) in [6.07, 6.45) is 3.19. The van der Waals surface area contributed by atoms with Gasteiger partial charge in [0.15, 0.2) is 0 Å². The maximum absolute atomic E-state index is 10.9. The number of nitrogens with one attached hydrogen (secondary N) is 1. The molecule has 0 heterocycles. The van der Waals surface area contributed by atoms with Crippen molar-refractivity contribution < 1.29 is 19.8 Å². The molecule has 6 heteroatoms. The van der Waals surface area contributed by atoms with Gasteiger partial charge in [0.2, 0.25) is 0 Å². The molecule has 0 aliphatic rings. The molecular weight excluding hydrogens is 188 g/mol. The fraction of sp³-hybridized carbons (Fsp3) is 0.250. The zero-order valence-corrected chi connectivity index (χ0v) is 7.51. The van der Waals surface area contributed by atoms with E-state index in [4.69, 9.17) is 10.2 Å². The number of nitrogens with zero attached hydrogens (tertiary/aromatic N) is 1. The topological polar surface area (TPSA) is 89.9 Å². The quantitative estimate of drug-likeness (QED) is 0.293. The van der Waals surface area contributed by atoms with Crippen LogP contribution in [0.2, 0.25) is 0 Å². The molecule has 0 aromatic heterocycles. The molecule has 0 bridgehead atoms. The lowest BCUT2D eigenvalue weighted by Gasteiger charge is -2.17. The van der Waals surface area contributed by atoms with E-state index < -0.39 is 18.5 Å². The van der Waals surface area contributed by atoms with Crippen molar-refractivity contribution >= 4 is 11.8 Å². The van der Waals surface area contributed by atoms with Gasteiger partial charge in [-0.05, 0) is 6.08 Å². The monoisotopic (exact) mass is 200 g/mol. The van der Waals surface area contributed by atoms with Gasteiger partial charge in [-0.3, -0.25) is 15.0 Å². The van der Waals surface area contributed by atoms with Crippen LogP contribution >= 0.6 is 0 Å². The van der Waals surface area contributed by atoms with Gasteiger partial charge in [-0.1, -0.05) is 12.7 Å². The number of carbonyl (C=O) groups is 2. The smallest absolute Gasteiger partial charge is 0.266 e. The Morgan fingerprint density at radius 2 is 2.07 bits per heavy atom. The van der Waals surface area contributed by atoms with E-state index >= 15 is 0 Å². The second-order valence-corrected chi connectivity index (χ2v) is 2.17. The highest BCUT2D eigenvalue weighted by Crippen LogP contribution is 1.84. The average Bonchev–Trinajstić information content (AvgIpc) is 2.21. The van der Waals surface area contributed by atoms with Gasteiger partial charge in [0.05, 0.1) is 6.61 Å². The number of aliphatic hydroxyl groups excluding tert-OH is 2. The molecule has 2 amide bonds. The Morgan fingerprint density at radius 3 is 2.50 bits per heavy atom. The minimum absolute atomic E-state index is 0.276. The van der Waals surface area contributed by atoms with Crippen LogP contribution in [-0.2, 0) is 9.59 Å². The minimum Gasteiger partial charge on any atom is -0.392 e. The Balaban J connectivity index is 4.18. The van der Waals surface area contributed by atoms with Crippen LogP contribution in [0.15, 0.2) is 24.8 Å². The number of hydrogen-bond donors (Lipinski definition) is 3. The summed E-state index contributed by atoms with van der Waals surface area (Å²) in [5.41, 5.74) is 2.08. The van der Waals surface area contributed by atoms with Crippen LogP contribution in [0.25, 0.3) is 0 Å². The van der Waals surface area contributed by atoms with Gasteiger partial charge in [-0.15, -0.1) is 0 Å². The summed E-state index contributed by atoms with van der Waals surface area (Å²) in [7, 11) is 0. The second-order valence-electron chi connectivity index (χ2n) is 2.17. The standard InChI is InChI=1S/C8H12N2O4/c1-2-8(14)10(6-12)9-7(13)4-3-5-11/h2-4,11-12H,1,5-6H2,(H,9,13). The first-order chi connectivity index (χ1) is 6.65. The fourth-order valence-electron chi connectivity index (χ4n) is 0.600. The highest BCUT2D eigenvalue weighted by atomic mass is 16.3. The van der Waals surface area contributed by atoms with Crippen molar-refractivity contribution in [1.82, 2.24) is 10.4 Å². The van der Waals surface area contributed by atoms with Crippen molar-refractivity contribution in [2.75, 3.05) is 13.3 Å². The Hall–Kier alpha value is -1.66. The lowest BCUT2D eigenvalue weighted by Crippen LogP contribution is -2.45. The predicted octanol–water partition coefficient (Wildman–Crippen LogP) is -1.47. The molecule has 0 rings (SSSR count). The van der Waals surface area contributed by atoms with Crippen LogP contribution in [0.5, 0.6) is 0 Å². The van der Waals surface area contributed by atoms with E-state index in [2.05, 4.69) is 12.0 Å². The molecule has 14 heavy (non-hydrogen) atoms. The van der Waals surface area contributed by atoms with Gasteiger partial charge in [0.1, 0.15) is 6.73 Å². The van der Waals surface area contributed by atoms with E-state index in [0.717, 1.165) is 12.2 Å². The zero-order chi connectivity index (χ0) is 11.0. The van der Waals surface area contributed by atoms with Crippen molar-refractivity contribution in [3.05, 3.63) is 24.8 Å². The van der Waals surface area contributed by atoms with Gasteiger partial charge in [0.25, 0.3) is 11.8 Å². The number of hydrazine groups is 1. The molecule has 0 radical (unpaired) electrons. The summed E-state index contributed by atoms with van der Waals surface area (Å²) in [6.45, 7) is 2.26. The maximum atomic E-state index is 10.9. The molecule has 0 unspecified atom stereocenters. The summed E-state index contributed by atoms with van der Waals surface area (Å²) in [5.74, 6) is -1.25. The molecule has 0 fully saturated rings. The third-order valence-corrected chi connectivity index (χ3v) is 1.20. The summed E-state index contributed by atoms with van der Waals surface area (Å²) in [6, 6.07) is 0. The van der Waals surface area contributed by atoms with Crippen molar-refractivity contribution in [3.63, 3.8) is 0 Å². The van der Waals surface area contributed by atoms with Gasteiger partial charge in [-0.25, -0.2) is 5.01 Å². The van der Waals surface area contributed by atoms with E-state index in [-0.39, 0.29) is 6.61 Å². The maximum Gasteiger partial charge on any atom is 0.266 e. The summed E-state index contributed by atoms with van der Waals surface area (Å²) >= 11 is 0. The van der Waals surface area contributed by atoms with Crippen LogP contribution in [0.4, 0.5) is 0 Å². The lowest BCUT2D eigenvalue weighted by atomic mass is 10.5. The van der Waals surface area contributed by atoms with Gasteiger partial charge >= 0.3 is 0 Å². The van der Waals surface area contributed by atoms with E-state index in [1.807, 2.05) is 0 Å². The Morgan fingerprint density at radius 1 is 1.43 bits per heavy atom. The Labute approximate surface area is 81.1 Å². The molecular formula is C8H12N2O4. The molecule has 0 spiro atoms. The van der Waals surface area contributed by atoms with E-state index in [1.165, 1.54) is 6.08 Å². The van der Waals surface area contributed by atoms with Crippen LogP contribution < -0.4 is 5.43 Å². The molecule has 0 atom stereocenters. The summed E-state index contributed by atoms with van der Waals surface area (Å²) < 4.78 is 0. The molecule has 0 aromatic carbocycles. The number of rotatable bonds is 4. The molecule has 0 saturated heterocycles. The fourth-order valence-corrected chi connectivity index (χ4v) is 0.600. The van der Waals surface area contributed by atoms with Crippen LogP contribution in [-0.4, -0.2) is 40.4 Å². The average molecular weight is 200 g/mol. The van der Waals surface area contributed by atoms with Crippen LogP contribution in [0.1, 0.15) is 0 Å². The van der Waals surface area contributed by atoms with Crippen LogP contribution in [0, 0.1) is 0 Å². The first kappa shape index (κ1) is 12.3. The third-order valence-electron chi connectivity index (χ3n) is 1.20. The number of aliphatic hydroxyl groups is 2. The number of carbonyl (C=O) groups excluding carboxylic acids is 2. The lowest BCUT2D eigenvalue weighted by molar-refractivity contribution is -0.140. The summed E-state index contributed by atoms with van der Waals surface area (Å²) in [5, 5.41) is 17.7. The Bertz CT molecular complexity index is 250. The third kappa shape index (κ3) is 4.39. The van der Waals surface area contributed by atoms with E-state index in [1.54, 1.807) is 0 Å². The molecule has 0 aliphatic carbocycles. The van der Waals surface area contributed by atoms with Gasteiger partial charge in [0, 0.05) is 6.08 Å². The molecule has 6 nitrogen and oxygen atoms in total. The van der Waals surface area contributed by atoms with Gasteiger partial charge < -0.3 is 10.2 Å². The Kier molecular flexibility index (Phi) is 6.01. The van der Waals surface area contributed by atoms with Crippen molar-refractivity contribution in [2.24, 2.45) is 0 Å². The minimum atomic E-state index is -0.649. The molecule has 0 aliphatic heterocycles. The number of hydrogen-bond acceptors (Lipinski definition) is 4. The SMILES string of the molecule is C=CC(=O)N(CO)NC(=O)C=CCO. The highest BCUT2D eigenvalue weighted by molar-refractivity contribution is 5.92. The highest BCUT2D eigenvalue weighted by Gasteiger charge is 2.09. The normalized spacial score (nSPS) is 9.86. The van der Waals surface area contributed by atoms with E-state index in [0.29, 0.717) is 5.01 Å². The molecule has 78 valence electrons. The van der Waals surface area contributed by atoms with Gasteiger partial charge in [-0.2, -0.15) is 0 Å². The second kappa shape index (κ2) is 6.81. The zero-order valence-electron chi connectivity index (χ0n) is 7.51. The van der Waals surface area contributed by atoms with Crippen molar-refractivity contribution in [1.29, 1.82) is 0 Å². The largest absolute Gasteiger partial charge is 0.392 e. The van der Waals surface area contributed by atoms with Crippen molar-refractivity contribution in [2.45, 2.75) is 0 Å². The first-order valence-electron chi connectivity index (χ1n) is 3.78. The first-order valence-corrected chi connectivity index (χ1v) is 3.78. The van der Waals surface area contributed by atoms with Crippen molar-refractivity contribution in [3.8, 4) is 0 Å². The number of amides is 2. The molecule has 0 saturated carbocycles. The predicted molar refractivity (Wildman–Crippen MR) is 48.5 cm³/mol.